The maximum Gasteiger partial charge on any atom is 0.258 e. The number of benzene rings is 6. The molecule has 6 aliphatic heterocycles. The summed E-state index contributed by atoms with van der Waals surface area (Å²) in [6, 6.07) is 36.9. The minimum absolute atomic E-state index is 0.0727. The standard InChI is InChI=1S/C35H26N2O6.C27H26N2O4.C16H20N2O4/c1-35(2,23-3-11-27(12-4-23)42-29-15-7-25(8-16-29)36-31(38)19-20-32(36)39)24-5-13-28(14-6-24)43-30-17-9-26(10-18-30)37-33(40)21-22-34(37)41;1-5-18-13-20(28-24(30)7-8-25(28)31)11-16(3)22(18)15-23-17(4)12-21(14-19(23)6-2)29-26(32)9-10-27(29)33;1-11(9-17-12(19)4-5-13(17)20)8-16(2,3)10-18-14(21)6-7-15(18)22/h3-22H,1-2H3;7-14H,5-6,15H2,1-4H3;4-7,11H,8-10H2,1-3H3. The highest BCUT2D eigenvalue weighted by Crippen LogP contribution is 2.38. The molecule has 0 saturated heterocycles. The summed E-state index contributed by atoms with van der Waals surface area (Å²) in [6.07, 6.45) is 18.2. The van der Waals surface area contributed by atoms with E-state index in [2.05, 4.69) is 27.7 Å². The van der Waals surface area contributed by atoms with E-state index >= 15 is 0 Å². The Balaban J connectivity index is 0.000000168. The lowest BCUT2D eigenvalue weighted by Crippen LogP contribution is -2.41. The third kappa shape index (κ3) is 15.1. The molecular weight excluding hydrogens is 1240 g/mol. The molecule has 12 amide bonds. The summed E-state index contributed by atoms with van der Waals surface area (Å²) in [5.74, 6) is -1.34. The van der Waals surface area contributed by atoms with Crippen molar-refractivity contribution in [3.63, 3.8) is 0 Å². The number of hydrogen-bond acceptors (Lipinski definition) is 14. The highest BCUT2D eigenvalue weighted by atomic mass is 16.5. The molecule has 498 valence electrons. The lowest BCUT2D eigenvalue weighted by atomic mass is 9.78. The Morgan fingerprint density at radius 3 is 0.939 bits per heavy atom. The molecule has 6 aliphatic rings. The number of hydrogen-bond donors (Lipinski definition) is 0. The molecule has 0 saturated carbocycles. The highest BCUT2D eigenvalue weighted by Gasteiger charge is 2.35. The summed E-state index contributed by atoms with van der Waals surface area (Å²) in [5.41, 5.74) is 10.3. The minimum atomic E-state index is -0.362. The van der Waals surface area contributed by atoms with Crippen LogP contribution in [0.15, 0.2) is 194 Å². The van der Waals surface area contributed by atoms with Gasteiger partial charge >= 0.3 is 0 Å². The number of aryl methyl sites for hydroxylation is 4. The van der Waals surface area contributed by atoms with Gasteiger partial charge in [0.15, 0.2) is 0 Å². The zero-order valence-corrected chi connectivity index (χ0v) is 55.7. The van der Waals surface area contributed by atoms with E-state index < -0.39 is 0 Å². The van der Waals surface area contributed by atoms with E-state index in [-0.39, 0.29) is 87.6 Å². The van der Waals surface area contributed by atoms with Gasteiger partial charge in [0.2, 0.25) is 0 Å². The second-order valence-corrected chi connectivity index (χ2v) is 25.6. The first-order valence-electron chi connectivity index (χ1n) is 32.0. The van der Waals surface area contributed by atoms with Gasteiger partial charge in [0.1, 0.15) is 23.0 Å². The quantitative estimate of drug-likeness (QED) is 0.0646. The molecule has 0 radical (unpaired) electrons. The van der Waals surface area contributed by atoms with Crippen molar-refractivity contribution in [2.75, 3.05) is 32.7 Å². The van der Waals surface area contributed by atoms with Crippen molar-refractivity contribution >= 4 is 93.6 Å². The van der Waals surface area contributed by atoms with Crippen molar-refractivity contribution in [3.05, 3.63) is 239 Å². The third-order valence-corrected chi connectivity index (χ3v) is 17.6. The number of ether oxygens (including phenoxy) is 2. The zero-order chi connectivity index (χ0) is 70.5. The molecule has 20 heteroatoms. The third-order valence-electron chi connectivity index (χ3n) is 17.6. The van der Waals surface area contributed by atoms with Crippen molar-refractivity contribution in [1.29, 1.82) is 0 Å². The molecule has 12 rings (SSSR count). The first-order chi connectivity index (χ1) is 46.6. The van der Waals surface area contributed by atoms with Crippen LogP contribution in [0.3, 0.4) is 0 Å². The first-order valence-corrected chi connectivity index (χ1v) is 32.0. The van der Waals surface area contributed by atoms with Crippen LogP contribution in [0.2, 0.25) is 0 Å². The van der Waals surface area contributed by atoms with Crippen LogP contribution >= 0.6 is 0 Å². The fourth-order valence-corrected chi connectivity index (χ4v) is 12.6. The largest absolute Gasteiger partial charge is 0.457 e. The van der Waals surface area contributed by atoms with Gasteiger partial charge < -0.3 is 9.47 Å². The molecule has 0 aromatic heterocycles. The Morgan fingerprint density at radius 1 is 0.357 bits per heavy atom. The van der Waals surface area contributed by atoms with Gasteiger partial charge in [-0.2, -0.15) is 0 Å². The molecule has 0 aliphatic carbocycles. The SMILES string of the molecule is CC(C)(c1ccc(Oc2ccc(N3C(=O)C=CC3=O)cc2)cc1)c1ccc(Oc2ccc(N3C(=O)C=CC3=O)cc2)cc1.CC(CN1C(=O)C=CC1=O)CC(C)(C)CN1C(=O)C=CC1=O.CCc1cc(N2C(=O)C=CC2=O)cc(C)c1Cc1c(C)cc(N2C(=O)C=CC2=O)cc1CC. The summed E-state index contributed by atoms with van der Waals surface area (Å²) in [4.78, 5) is 150. The lowest BCUT2D eigenvalue weighted by molar-refractivity contribution is -0.139. The number of nitrogens with zero attached hydrogens (tertiary/aromatic N) is 6. The van der Waals surface area contributed by atoms with E-state index in [1.165, 1.54) is 92.5 Å². The number of carbonyl (C=O) groups excluding carboxylic acids is 12. The smallest absolute Gasteiger partial charge is 0.258 e. The Labute approximate surface area is 567 Å². The van der Waals surface area contributed by atoms with Crippen molar-refractivity contribution in [2.24, 2.45) is 11.3 Å². The second-order valence-electron chi connectivity index (χ2n) is 25.6. The van der Waals surface area contributed by atoms with E-state index in [0.29, 0.717) is 71.7 Å². The van der Waals surface area contributed by atoms with E-state index in [1.807, 2.05) is 107 Å². The van der Waals surface area contributed by atoms with Crippen molar-refractivity contribution in [3.8, 4) is 23.0 Å². The Hall–Kier alpha value is -11.8. The van der Waals surface area contributed by atoms with E-state index in [9.17, 15) is 57.5 Å². The van der Waals surface area contributed by atoms with Crippen LogP contribution in [-0.2, 0) is 82.2 Å². The monoisotopic (exact) mass is 1320 g/mol. The van der Waals surface area contributed by atoms with Crippen LogP contribution in [0.1, 0.15) is 99.4 Å². The predicted molar refractivity (Wildman–Crippen MR) is 368 cm³/mol. The maximum atomic E-state index is 12.1. The normalized spacial score (nSPS) is 16.1. The van der Waals surface area contributed by atoms with Crippen LogP contribution in [0.5, 0.6) is 23.0 Å². The van der Waals surface area contributed by atoms with E-state index in [4.69, 9.17) is 9.47 Å². The fraction of sp³-hybridized carbons (Fsp3) is 0.231. The summed E-state index contributed by atoms with van der Waals surface area (Å²) >= 11 is 0. The van der Waals surface area contributed by atoms with Crippen molar-refractivity contribution in [2.45, 2.75) is 93.4 Å². The molecule has 0 bridgehead atoms. The van der Waals surface area contributed by atoms with Gasteiger partial charge in [-0.25, -0.2) is 19.6 Å². The number of carbonyl (C=O) groups is 12. The van der Waals surface area contributed by atoms with Gasteiger partial charge in [-0.3, -0.25) is 67.3 Å². The average molecular weight is 1320 g/mol. The Morgan fingerprint density at radius 2 is 0.633 bits per heavy atom. The van der Waals surface area contributed by atoms with Gasteiger partial charge in [-0.05, 0) is 192 Å². The summed E-state index contributed by atoms with van der Waals surface area (Å²) in [7, 11) is 0. The number of anilines is 4. The number of rotatable bonds is 20. The topological polar surface area (TPSA) is 243 Å². The van der Waals surface area contributed by atoms with Crippen LogP contribution in [0, 0.1) is 25.2 Å². The fourth-order valence-electron chi connectivity index (χ4n) is 12.6. The molecule has 1 atom stereocenters. The lowest BCUT2D eigenvalue weighted by Gasteiger charge is -2.32. The molecule has 98 heavy (non-hydrogen) atoms. The first kappa shape index (κ1) is 69.0. The van der Waals surface area contributed by atoms with E-state index in [1.54, 1.807) is 48.5 Å². The second kappa shape index (κ2) is 28.7. The highest BCUT2D eigenvalue weighted by molar-refractivity contribution is 6.30. The van der Waals surface area contributed by atoms with Gasteiger partial charge in [-0.1, -0.05) is 72.7 Å². The maximum absolute atomic E-state index is 12.1. The molecule has 6 heterocycles. The van der Waals surface area contributed by atoms with Crippen LogP contribution < -0.4 is 29.1 Å². The van der Waals surface area contributed by atoms with Gasteiger partial charge in [0, 0.05) is 91.4 Å². The Kier molecular flexibility index (Phi) is 20.2. The zero-order valence-electron chi connectivity index (χ0n) is 55.7. The van der Waals surface area contributed by atoms with Gasteiger partial charge in [-0.15, -0.1) is 0 Å². The molecule has 20 nitrogen and oxygen atoms in total. The van der Waals surface area contributed by atoms with Gasteiger partial charge in [0.25, 0.3) is 70.9 Å². The van der Waals surface area contributed by atoms with Crippen LogP contribution in [-0.4, -0.2) is 93.8 Å². The molecule has 0 N–H and O–H groups in total. The van der Waals surface area contributed by atoms with Crippen molar-refractivity contribution in [1.82, 2.24) is 9.80 Å². The van der Waals surface area contributed by atoms with Crippen LogP contribution in [0.4, 0.5) is 22.7 Å². The molecule has 1 unspecified atom stereocenters. The summed E-state index contributed by atoms with van der Waals surface area (Å²) < 4.78 is 12.0. The van der Waals surface area contributed by atoms with Gasteiger partial charge in [0.05, 0.1) is 22.7 Å². The molecule has 6 aromatic rings. The minimum Gasteiger partial charge on any atom is -0.457 e. The predicted octanol–water partition coefficient (Wildman–Crippen LogP) is 11.2. The molecule has 6 aromatic carbocycles. The molecule has 0 spiro atoms. The summed E-state index contributed by atoms with van der Waals surface area (Å²) in [6.45, 7) is 18.9. The molecule has 0 fully saturated rings. The summed E-state index contributed by atoms with van der Waals surface area (Å²) in [5, 5.41) is 0. The Bertz CT molecular complexity index is 4160. The van der Waals surface area contributed by atoms with Crippen LogP contribution in [0.25, 0.3) is 0 Å². The number of imide groups is 6. The van der Waals surface area contributed by atoms with E-state index in [0.717, 1.165) is 67.1 Å². The number of amides is 12. The molecular formula is C78H72N6O14. The van der Waals surface area contributed by atoms with Crippen molar-refractivity contribution < 1.29 is 67.0 Å². The average Bonchev–Trinajstić information content (AvgIpc) is 1.38.